The molecule has 0 spiro atoms. The topological polar surface area (TPSA) is 272 Å². The van der Waals surface area contributed by atoms with Gasteiger partial charge in [0.25, 0.3) is 0 Å². The summed E-state index contributed by atoms with van der Waals surface area (Å²) in [5.74, 6) is 0.409. The van der Waals surface area contributed by atoms with Crippen LogP contribution in [0.1, 0.15) is 0 Å². The molecule has 0 radical (unpaired) electrons. The second-order valence-electron chi connectivity index (χ2n) is 4.85. The van der Waals surface area contributed by atoms with Crippen LogP contribution in [0.4, 0.5) is 5.82 Å². The van der Waals surface area contributed by atoms with Crippen LogP contribution in [0.5, 0.6) is 0 Å². The number of aliphatic hydroxyl groups excluding tert-OH is 3. The number of hydrogen-bond acceptors (Lipinski definition) is 12. The number of aromatic amines is 1. The number of aromatic nitrogens is 4. The number of aldehydes is 1. The fraction of sp³-hybridized carbons (Fsp3) is 0.400. The predicted molar refractivity (Wildman–Crippen MR) is 89.1 cm³/mol. The van der Waals surface area contributed by atoms with E-state index in [0.29, 0.717) is 17.0 Å². The lowest BCUT2D eigenvalue weighted by Gasteiger charge is -2.23. The summed E-state index contributed by atoms with van der Waals surface area (Å²) >= 11 is 0. The monoisotopic (exact) mass is 445 g/mol. The number of phosphoric ester groups is 1. The van der Waals surface area contributed by atoms with Gasteiger partial charge in [-0.25, -0.2) is 24.1 Å². The smallest absolute Gasteiger partial charge is 0.394 e. The molecule has 2 aromatic heterocycles. The average molecular weight is 445 g/mol. The standard InChI is InChI=1S/C5H5N5.C5H12O11P2/c6-4-3-5(9-1-7-3)10-2-8-4;6-1-3(8)5(9)4(2-7)15-18(13,14)16-17(10,11)12/h1-2H,(H3,6,7,8,9,10);2-6,8-9H,1H2,(H,13,14)(H2,10,11,12)/t;3-,4+,5-/m.1/s1. The Labute approximate surface area is 155 Å². The van der Waals surface area contributed by atoms with E-state index in [2.05, 4.69) is 28.8 Å². The third kappa shape index (κ3) is 7.65. The number of nitrogens with one attached hydrogen (secondary N) is 1. The molecule has 0 aliphatic carbocycles. The Morgan fingerprint density at radius 3 is 2.36 bits per heavy atom. The molecule has 28 heavy (non-hydrogen) atoms. The molecule has 2 rings (SSSR count). The van der Waals surface area contributed by atoms with Crippen LogP contribution in [0, 0.1) is 0 Å². The molecule has 0 aromatic carbocycles. The molecule has 4 atom stereocenters. The normalized spacial score (nSPS) is 17.1. The summed E-state index contributed by atoms with van der Waals surface area (Å²) in [4.78, 5) is 50.2. The minimum Gasteiger partial charge on any atom is -0.394 e. The Morgan fingerprint density at radius 2 is 1.86 bits per heavy atom. The van der Waals surface area contributed by atoms with Crippen molar-refractivity contribution in [1.29, 1.82) is 0 Å². The van der Waals surface area contributed by atoms with Crippen LogP contribution in [0.2, 0.25) is 0 Å². The Balaban J connectivity index is 0.000000324. The summed E-state index contributed by atoms with van der Waals surface area (Å²) < 4.78 is 28.6. The van der Waals surface area contributed by atoms with Crippen molar-refractivity contribution in [2.45, 2.75) is 18.3 Å². The zero-order chi connectivity index (χ0) is 21.5. The number of carbonyl (C=O) groups excluding carboxylic acids is 1. The number of nitrogens with two attached hydrogens (primary N) is 1. The highest BCUT2D eigenvalue weighted by Gasteiger charge is 2.38. The molecule has 1 unspecified atom stereocenters. The molecule has 0 fully saturated rings. The van der Waals surface area contributed by atoms with Gasteiger partial charge < -0.3 is 45.5 Å². The zero-order valence-electron chi connectivity index (χ0n) is 13.7. The number of anilines is 1. The largest absolute Gasteiger partial charge is 0.481 e. The molecule has 0 amide bonds. The number of H-pyrrole nitrogens is 1. The second kappa shape index (κ2) is 10.1. The molecule has 0 saturated carbocycles. The fourth-order valence-electron chi connectivity index (χ4n) is 1.59. The van der Waals surface area contributed by atoms with Crippen molar-refractivity contribution >= 4 is 38.9 Å². The van der Waals surface area contributed by atoms with Gasteiger partial charge in [0.05, 0.1) is 12.9 Å². The first-order valence-electron chi connectivity index (χ1n) is 7.00. The van der Waals surface area contributed by atoms with Gasteiger partial charge in [0.2, 0.25) is 0 Å². The molecule has 0 aliphatic rings. The highest BCUT2D eigenvalue weighted by Crippen LogP contribution is 2.58. The van der Waals surface area contributed by atoms with Gasteiger partial charge in [-0.3, -0.25) is 4.52 Å². The summed E-state index contributed by atoms with van der Waals surface area (Å²) in [6.07, 6.45) is -3.36. The maximum Gasteiger partial charge on any atom is 0.481 e. The third-order valence-corrected chi connectivity index (χ3v) is 4.95. The first kappa shape index (κ1) is 24.2. The van der Waals surface area contributed by atoms with Gasteiger partial charge in [-0.15, -0.1) is 0 Å². The van der Waals surface area contributed by atoms with Gasteiger partial charge >= 0.3 is 15.6 Å². The van der Waals surface area contributed by atoms with Crippen LogP contribution < -0.4 is 5.73 Å². The highest BCUT2D eigenvalue weighted by molar-refractivity contribution is 7.60. The van der Waals surface area contributed by atoms with E-state index in [1.807, 2.05) is 0 Å². The van der Waals surface area contributed by atoms with E-state index in [1.165, 1.54) is 12.7 Å². The zero-order valence-corrected chi connectivity index (χ0v) is 15.5. The lowest BCUT2D eigenvalue weighted by atomic mass is 10.1. The van der Waals surface area contributed by atoms with Gasteiger partial charge in [0, 0.05) is 0 Å². The number of phosphoric acid groups is 2. The fourth-order valence-corrected chi connectivity index (χ4v) is 3.30. The summed E-state index contributed by atoms with van der Waals surface area (Å²) in [7, 11) is -10.7. The van der Waals surface area contributed by atoms with Gasteiger partial charge in [0.15, 0.2) is 23.9 Å². The molecule has 2 heterocycles. The van der Waals surface area contributed by atoms with E-state index < -0.39 is 40.6 Å². The Hall–Kier alpha value is -1.84. The predicted octanol–water partition coefficient (Wildman–Crippen LogP) is -2.57. The lowest BCUT2D eigenvalue weighted by Crippen LogP contribution is -2.41. The van der Waals surface area contributed by atoms with E-state index >= 15 is 0 Å². The summed E-state index contributed by atoms with van der Waals surface area (Å²) in [5, 5.41) is 26.6. The van der Waals surface area contributed by atoms with Crippen molar-refractivity contribution < 1.29 is 52.8 Å². The van der Waals surface area contributed by atoms with E-state index in [1.54, 1.807) is 0 Å². The second-order valence-corrected chi connectivity index (χ2v) is 7.63. The van der Waals surface area contributed by atoms with Crippen molar-refractivity contribution in [3.63, 3.8) is 0 Å². The minimum absolute atomic E-state index is 0.213. The molecule has 158 valence electrons. The van der Waals surface area contributed by atoms with Crippen LogP contribution in [-0.2, 0) is 22.8 Å². The molecule has 0 saturated heterocycles. The SMILES string of the molecule is Nc1ncnc2[nH]cnc12.O=C[C@H](OP(=O)(O)OP(=O)(O)O)[C@H](O)[C@H](O)CO. The number of carbonyl (C=O) groups is 1. The maximum absolute atomic E-state index is 11.0. The van der Waals surface area contributed by atoms with Crippen molar-refractivity contribution in [2.75, 3.05) is 12.3 Å². The number of aliphatic hydroxyl groups is 3. The number of nitrogen functional groups attached to an aromatic ring is 1. The molecular weight excluding hydrogens is 428 g/mol. The first-order valence-corrected chi connectivity index (χ1v) is 10.0. The van der Waals surface area contributed by atoms with Crippen LogP contribution >= 0.6 is 15.6 Å². The van der Waals surface area contributed by atoms with E-state index in [4.69, 9.17) is 30.6 Å². The Bertz CT molecular complexity index is 872. The highest BCUT2D eigenvalue weighted by atomic mass is 31.3. The van der Waals surface area contributed by atoms with Crippen LogP contribution in [-0.4, -0.2) is 81.1 Å². The first-order chi connectivity index (χ1) is 12.9. The minimum atomic E-state index is -5.36. The van der Waals surface area contributed by atoms with Crippen molar-refractivity contribution in [3.8, 4) is 0 Å². The molecular formula is C10H17N5O11P2. The van der Waals surface area contributed by atoms with Crippen LogP contribution in [0.25, 0.3) is 11.2 Å². The number of hydrogen-bond donors (Lipinski definition) is 8. The van der Waals surface area contributed by atoms with Crippen molar-refractivity contribution in [1.82, 2.24) is 19.9 Å². The summed E-state index contributed by atoms with van der Waals surface area (Å²) in [6.45, 7) is -0.982. The average Bonchev–Trinajstić information content (AvgIpc) is 3.07. The van der Waals surface area contributed by atoms with Gasteiger partial charge in [-0.2, -0.15) is 4.31 Å². The quantitative estimate of drug-likeness (QED) is 0.153. The number of nitrogens with zero attached hydrogens (tertiary/aromatic N) is 3. The van der Waals surface area contributed by atoms with E-state index in [9.17, 15) is 19.0 Å². The van der Waals surface area contributed by atoms with Gasteiger partial charge in [-0.05, 0) is 0 Å². The Morgan fingerprint density at radius 1 is 1.21 bits per heavy atom. The number of fused-ring (bicyclic) bond motifs is 1. The molecule has 0 aliphatic heterocycles. The van der Waals surface area contributed by atoms with E-state index in [-0.39, 0.29) is 6.29 Å². The third-order valence-electron chi connectivity index (χ3n) is 2.76. The van der Waals surface area contributed by atoms with Crippen LogP contribution in [0.15, 0.2) is 12.7 Å². The molecule has 2 aromatic rings. The van der Waals surface area contributed by atoms with Crippen molar-refractivity contribution in [3.05, 3.63) is 12.7 Å². The molecule has 0 bridgehead atoms. The number of imidazole rings is 1. The summed E-state index contributed by atoms with van der Waals surface area (Å²) in [5.41, 5.74) is 6.77. The molecule has 9 N–H and O–H groups in total. The lowest BCUT2D eigenvalue weighted by molar-refractivity contribution is -0.126. The van der Waals surface area contributed by atoms with Gasteiger partial charge in [-0.1, -0.05) is 0 Å². The molecule has 16 nitrogen and oxygen atoms in total. The van der Waals surface area contributed by atoms with Gasteiger partial charge in [0.1, 0.15) is 24.1 Å². The van der Waals surface area contributed by atoms with Crippen LogP contribution in [0.3, 0.4) is 0 Å². The summed E-state index contributed by atoms with van der Waals surface area (Å²) in [6, 6.07) is 0. The Kier molecular flexibility index (Phi) is 8.72. The van der Waals surface area contributed by atoms with Crippen molar-refractivity contribution in [2.24, 2.45) is 0 Å². The molecule has 18 heteroatoms. The maximum atomic E-state index is 11.0. The number of rotatable bonds is 8. The van der Waals surface area contributed by atoms with E-state index in [0.717, 1.165) is 0 Å².